The van der Waals surface area contributed by atoms with Gasteiger partial charge in [-0.05, 0) is 62.2 Å². The van der Waals surface area contributed by atoms with E-state index in [2.05, 4.69) is 53.1 Å². The standard InChI is InChI=1S/C13H6Br3Cl2NO/c14-6-1-2-8(15)7(5-6)13(20)19-10-4-3-9(16)11(17)12(10)18/h1-5H,(H,19,20). The number of hydrogen-bond acceptors (Lipinski definition) is 1. The average Bonchev–Trinajstić information content (AvgIpc) is 2.42. The van der Waals surface area contributed by atoms with Gasteiger partial charge in [-0.25, -0.2) is 0 Å². The van der Waals surface area contributed by atoms with Crippen molar-refractivity contribution < 1.29 is 4.79 Å². The maximum Gasteiger partial charge on any atom is 0.256 e. The van der Waals surface area contributed by atoms with E-state index in [-0.39, 0.29) is 5.91 Å². The van der Waals surface area contributed by atoms with E-state index in [9.17, 15) is 4.79 Å². The molecule has 7 heteroatoms. The molecule has 0 saturated carbocycles. The van der Waals surface area contributed by atoms with Gasteiger partial charge in [0.05, 0.1) is 21.3 Å². The number of carbonyl (C=O) groups excluding carboxylic acids is 1. The average molecular weight is 503 g/mol. The highest BCUT2D eigenvalue weighted by Gasteiger charge is 2.14. The summed E-state index contributed by atoms with van der Waals surface area (Å²) in [5.41, 5.74) is 0.950. The fourth-order valence-corrected chi connectivity index (χ4v) is 3.09. The molecule has 0 fully saturated rings. The molecule has 0 aliphatic rings. The van der Waals surface area contributed by atoms with Crippen LogP contribution in [0.3, 0.4) is 0 Å². The third kappa shape index (κ3) is 3.57. The predicted octanol–water partition coefficient (Wildman–Crippen LogP) is 6.53. The van der Waals surface area contributed by atoms with Gasteiger partial charge < -0.3 is 5.32 Å². The van der Waals surface area contributed by atoms with E-state index in [1.807, 2.05) is 6.07 Å². The number of benzene rings is 2. The normalized spacial score (nSPS) is 10.4. The molecule has 2 rings (SSSR count). The zero-order valence-corrected chi connectivity index (χ0v) is 16.0. The van der Waals surface area contributed by atoms with Crippen LogP contribution in [0.1, 0.15) is 10.4 Å². The summed E-state index contributed by atoms with van der Waals surface area (Å²) in [7, 11) is 0. The van der Waals surface area contributed by atoms with Crippen LogP contribution in [0.15, 0.2) is 43.7 Å². The van der Waals surface area contributed by atoms with Crippen LogP contribution in [-0.2, 0) is 0 Å². The van der Waals surface area contributed by atoms with Gasteiger partial charge in [-0.1, -0.05) is 39.1 Å². The molecule has 0 aliphatic heterocycles. The van der Waals surface area contributed by atoms with E-state index in [0.717, 1.165) is 4.47 Å². The summed E-state index contributed by atoms with van der Waals surface area (Å²) >= 11 is 22.1. The van der Waals surface area contributed by atoms with Crippen molar-refractivity contribution >= 4 is 82.6 Å². The first kappa shape index (κ1) is 16.3. The maximum absolute atomic E-state index is 12.3. The lowest BCUT2D eigenvalue weighted by molar-refractivity contribution is 0.102. The van der Waals surface area contributed by atoms with Crippen molar-refractivity contribution in [1.82, 2.24) is 0 Å². The monoisotopic (exact) mass is 499 g/mol. The van der Waals surface area contributed by atoms with E-state index in [1.165, 1.54) is 0 Å². The smallest absolute Gasteiger partial charge is 0.256 e. The first-order chi connectivity index (χ1) is 9.40. The fraction of sp³-hybridized carbons (Fsp3) is 0. The van der Waals surface area contributed by atoms with Crippen LogP contribution in [0.4, 0.5) is 5.69 Å². The van der Waals surface area contributed by atoms with Gasteiger partial charge >= 0.3 is 0 Å². The Morgan fingerprint density at radius 3 is 2.30 bits per heavy atom. The van der Waals surface area contributed by atoms with Crippen LogP contribution in [0.2, 0.25) is 10.0 Å². The highest BCUT2D eigenvalue weighted by Crippen LogP contribution is 2.36. The van der Waals surface area contributed by atoms with Crippen molar-refractivity contribution in [2.24, 2.45) is 0 Å². The molecular formula is C13H6Br3Cl2NO. The van der Waals surface area contributed by atoms with E-state index in [1.54, 1.807) is 24.3 Å². The minimum Gasteiger partial charge on any atom is -0.321 e. The number of anilines is 1. The molecule has 0 unspecified atom stereocenters. The van der Waals surface area contributed by atoms with E-state index in [4.69, 9.17) is 23.2 Å². The minimum absolute atomic E-state index is 0.279. The quantitative estimate of drug-likeness (QED) is 0.465. The molecule has 0 aromatic heterocycles. The van der Waals surface area contributed by atoms with Gasteiger partial charge in [0, 0.05) is 13.4 Å². The lowest BCUT2D eigenvalue weighted by Crippen LogP contribution is -2.13. The highest BCUT2D eigenvalue weighted by molar-refractivity contribution is 9.11. The van der Waals surface area contributed by atoms with Crippen molar-refractivity contribution in [3.8, 4) is 0 Å². The first-order valence-electron chi connectivity index (χ1n) is 5.30. The Morgan fingerprint density at radius 2 is 1.60 bits per heavy atom. The van der Waals surface area contributed by atoms with Crippen molar-refractivity contribution in [2.45, 2.75) is 0 Å². The molecule has 20 heavy (non-hydrogen) atoms. The molecule has 0 aliphatic carbocycles. The molecule has 2 aromatic rings. The van der Waals surface area contributed by atoms with E-state index >= 15 is 0 Å². The molecule has 2 aromatic carbocycles. The first-order valence-corrected chi connectivity index (χ1v) is 8.43. The Bertz CT molecular complexity index is 692. The molecule has 104 valence electrons. The number of halogens is 5. The molecule has 1 amide bonds. The Labute approximate surface area is 151 Å². The lowest BCUT2D eigenvalue weighted by Gasteiger charge is -2.10. The van der Waals surface area contributed by atoms with Crippen molar-refractivity contribution in [2.75, 3.05) is 5.32 Å². The van der Waals surface area contributed by atoms with Gasteiger partial charge in [0.1, 0.15) is 0 Å². The van der Waals surface area contributed by atoms with Gasteiger partial charge in [0.25, 0.3) is 5.91 Å². The molecule has 1 N–H and O–H groups in total. The van der Waals surface area contributed by atoms with Gasteiger partial charge in [0.2, 0.25) is 0 Å². The summed E-state index contributed by atoms with van der Waals surface area (Å²) in [6.07, 6.45) is 0. The SMILES string of the molecule is O=C(Nc1ccc(Br)c(Cl)c1Cl)c1cc(Br)ccc1Br. The van der Waals surface area contributed by atoms with Gasteiger partial charge in [-0.2, -0.15) is 0 Å². The Kier molecular flexibility index (Phi) is 5.54. The molecule has 0 bridgehead atoms. The zero-order valence-electron chi connectivity index (χ0n) is 9.68. The second-order valence-electron chi connectivity index (χ2n) is 3.80. The van der Waals surface area contributed by atoms with E-state index in [0.29, 0.717) is 30.2 Å². The van der Waals surface area contributed by atoms with Crippen molar-refractivity contribution in [1.29, 1.82) is 0 Å². The summed E-state index contributed by atoms with van der Waals surface area (Å²) in [5, 5.41) is 3.39. The topological polar surface area (TPSA) is 29.1 Å². The Morgan fingerprint density at radius 1 is 0.950 bits per heavy atom. The molecule has 0 saturated heterocycles. The summed E-state index contributed by atoms with van der Waals surface area (Å²) in [6, 6.07) is 8.75. The fourth-order valence-electron chi connectivity index (χ4n) is 1.48. The number of rotatable bonds is 2. The van der Waals surface area contributed by atoms with Crippen LogP contribution in [0.5, 0.6) is 0 Å². The molecule has 0 radical (unpaired) electrons. The summed E-state index contributed by atoms with van der Waals surface area (Å²) in [4.78, 5) is 12.3. The van der Waals surface area contributed by atoms with Crippen LogP contribution in [0, 0.1) is 0 Å². The van der Waals surface area contributed by atoms with Crippen LogP contribution < -0.4 is 5.32 Å². The van der Waals surface area contributed by atoms with Crippen LogP contribution >= 0.6 is 71.0 Å². The minimum atomic E-state index is -0.279. The Balaban J connectivity index is 2.33. The predicted molar refractivity (Wildman–Crippen MR) is 94.0 cm³/mol. The second kappa shape index (κ2) is 6.79. The van der Waals surface area contributed by atoms with Gasteiger partial charge in [-0.3, -0.25) is 4.79 Å². The number of hydrogen-bond donors (Lipinski definition) is 1. The number of nitrogens with one attached hydrogen (secondary N) is 1. The van der Waals surface area contributed by atoms with Gasteiger partial charge in [-0.15, -0.1) is 0 Å². The number of carbonyl (C=O) groups is 1. The molecule has 0 atom stereocenters. The Hall–Kier alpha value is -0.0700. The van der Waals surface area contributed by atoms with E-state index < -0.39 is 0 Å². The highest BCUT2D eigenvalue weighted by atomic mass is 79.9. The molecule has 0 heterocycles. The molecular weight excluding hydrogens is 497 g/mol. The largest absolute Gasteiger partial charge is 0.321 e. The van der Waals surface area contributed by atoms with Crippen molar-refractivity contribution in [3.05, 3.63) is 59.4 Å². The summed E-state index contributed by atoms with van der Waals surface area (Å²) < 4.78 is 2.18. The van der Waals surface area contributed by atoms with Crippen LogP contribution in [-0.4, -0.2) is 5.91 Å². The third-order valence-electron chi connectivity index (χ3n) is 2.46. The third-order valence-corrected chi connectivity index (χ3v) is 5.41. The van der Waals surface area contributed by atoms with Crippen molar-refractivity contribution in [3.63, 3.8) is 0 Å². The zero-order chi connectivity index (χ0) is 14.9. The number of amides is 1. The summed E-state index contributed by atoms with van der Waals surface area (Å²) in [6.45, 7) is 0. The summed E-state index contributed by atoms with van der Waals surface area (Å²) in [5.74, 6) is -0.279. The van der Waals surface area contributed by atoms with Crippen LogP contribution in [0.25, 0.3) is 0 Å². The second-order valence-corrected chi connectivity index (χ2v) is 7.18. The maximum atomic E-state index is 12.3. The lowest BCUT2D eigenvalue weighted by atomic mass is 10.2. The molecule has 2 nitrogen and oxygen atoms in total. The molecule has 0 spiro atoms. The van der Waals surface area contributed by atoms with Gasteiger partial charge in [0.15, 0.2) is 0 Å².